The van der Waals surface area contributed by atoms with Crippen LogP contribution in [0.1, 0.15) is 13.3 Å². The van der Waals surface area contributed by atoms with Gasteiger partial charge in [0.2, 0.25) is 0 Å². The second-order valence-electron chi connectivity index (χ2n) is 4.08. The number of hydrogen-bond acceptors (Lipinski definition) is 4. The molecule has 5 nitrogen and oxygen atoms in total. The van der Waals surface area contributed by atoms with Gasteiger partial charge in [-0.3, -0.25) is 4.79 Å². The van der Waals surface area contributed by atoms with E-state index in [0.29, 0.717) is 25.3 Å². The molecule has 106 valence electrons. The number of carbonyl (C=O) groups excluding carboxylic acids is 1. The summed E-state index contributed by atoms with van der Waals surface area (Å²) in [6, 6.07) is 3.80. The maximum atomic E-state index is 12.9. The molecule has 1 atom stereocenters. The first-order chi connectivity index (χ1) is 9.04. The summed E-state index contributed by atoms with van der Waals surface area (Å²) in [6.07, 6.45) is 0.105. The summed E-state index contributed by atoms with van der Waals surface area (Å²) in [4.78, 5) is 11.8. The van der Waals surface area contributed by atoms with E-state index in [1.54, 1.807) is 14.0 Å². The second-order valence-corrected chi connectivity index (χ2v) is 4.08. The van der Waals surface area contributed by atoms with E-state index >= 15 is 0 Å². The van der Waals surface area contributed by atoms with Gasteiger partial charge in [0.15, 0.2) is 0 Å². The Labute approximate surface area is 111 Å². The highest BCUT2D eigenvalue weighted by atomic mass is 19.1. The second kappa shape index (κ2) is 7.70. The average molecular weight is 270 g/mol. The van der Waals surface area contributed by atoms with Crippen molar-refractivity contribution in [1.82, 2.24) is 0 Å². The normalized spacial score (nSPS) is 12.2. The summed E-state index contributed by atoms with van der Waals surface area (Å²) in [5.74, 6) is -0.768. The molecule has 0 bridgehead atoms. The molecule has 0 heterocycles. The van der Waals surface area contributed by atoms with Gasteiger partial charge in [0, 0.05) is 20.3 Å². The summed E-state index contributed by atoms with van der Waals surface area (Å²) in [6.45, 7) is 2.66. The molecule has 1 unspecified atom stereocenters. The van der Waals surface area contributed by atoms with Crippen LogP contribution in [-0.4, -0.2) is 32.3 Å². The number of methoxy groups -OCH3 is 1. The Balaban J connectivity index is 2.45. The molecular formula is C13H19FN2O3. The Hall–Kier alpha value is -1.66. The highest BCUT2D eigenvalue weighted by molar-refractivity contribution is 5.96. The Morgan fingerprint density at radius 3 is 2.84 bits per heavy atom. The van der Waals surface area contributed by atoms with Crippen LogP contribution in [0.2, 0.25) is 0 Å². The highest BCUT2D eigenvalue weighted by Crippen LogP contribution is 2.19. The fourth-order valence-electron chi connectivity index (χ4n) is 1.42. The van der Waals surface area contributed by atoms with Crippen molar-refractivity contribution < 1.29 is 18.7 Å². The van der Waals surface area contributed by atoms with Gasteiger partial charge in [0.05, 0.1) is 11.4 Å². The lowest BCUT2D eigenvalue weighted by atomic mass is 10.2. The number of nitrogen functional groups attached to an aromatic ring is 1. The molecule has 1 rings (SSSR count). The Morgan fingerprint density at radius 1 is 1.47 bits per heavy atom. The van der Waals surface area contributed by atoms with E-state index in [2.05, 4.69) is 5.32 Å². The first-order valence-corrected chi connectivity index (χ1v) is 6.01. The number of nitrogens with one attached hydrogen (secondary N) is 1. The van der Waals surface area contributed by atoms with E-state index in [1.165, 1.54) is 12.1 Å². The van der Waals surface area contributed by atoms with Gasteiger partial charge in [-0.2, -0.15) is 0 Å². The molecule has 0 saturated heterocycles. The average Bonchev–Trinajstić information content (AvgIpc) is 2.37. The molecule has 3 N–H and O–H groups in total. The zero-order valence-electron chi connectivity index (χ0n) is 11.1. The molecule has 19 heavy (non-hydrogen) atoms. The molecule has 1 aromatic rings. The van der Waals surface area contributed by atoms with Crippen molar-refractivity contribution >= 4 is 17.3 Å². The topological polar surface area (TPSA) is 73.6 Å². The molecule has 0 radical (unpaired) electrons. The van der Waals surface area contributed by atoms with Gasteiger partial charge in [-0.05, 0) is 31.5 Å². The van der Waals surface area contributed by atoms with Gasteiger partial charge < -0.3 is 20.5 Å². The van der Waals surface area contributed by atoms with Crippen LogP contribution in [0.15, 0.2) is 18.2 Å². The summed E-state index contributed by atoms with van der Waals surface area (Å²) in [7, 11) is 1.60. The van der Waals surface area contributed by atoms with Crippen LogP contribution in [-0.2, 0) is 14.3 Å². The summed E-state index contributed by atoms with van der Waals surface area (Å²) < 4.78 is 23.1. The van der Waals surface area contributed by atoms with E-state index in [4.69, 9.17) is 15.2 Å². The van der Waals surface area contributed by atoms with E-state index in [1.807, 2.05) is 0 Å². The lowest BCUT2D eigenvalue weighted by Crippen LogP contribution is -2.28. The molecule has 0 aliphatic rings. The Kier molecular flexibility index (Phi) is 6.24. The number of benzene rings is 1. The number of amides is 1. The van der Waals surface area contributed by atoms with Crippen molar-refractivity contribution in [3.63, 3.8) is 0 Å². The quantitative estimate of drug-likeness (QED) is 0.585. The lowest BCUT2D eigenvalue weighted by molar-refractivity contribution is -0.126. The van der Waals surface area contributed by atoms with Crippen LogP contribution in [0.3, 0.4) is 0 Å². The molecule has 1 amide bonds. The van der Waals surface area contributed by atoms with Crippen molar-refractivity contribution in [2.75, 3.05) is 31.4 Å². The van der Waals surface area contributed by atoms with E-state index in [-0.39, 0.29) is 11.6 Å². The summed E-state index contributed by atoms with van der Waals surface area (Å²) in [5, 5.41) is 2.59. The van der Waals surface area contributed by atoms with Crippen molar-refractivity contribution in [2.45, 2.75) is 19.4 Å². The van der Waals surface area contributed by atoms with Crippen molar-refractivity contribution in [2.24, 2.45) is 0 Å². The van der Waals surface area contributed by atoms with Crippen molar-refractivity contribution in [3.05, 3.63) is 24.0 Å². The maximum Gasteiger partial charge on any atom is 0.253 e. The SMILES string of the molecule is COCCCOC(C)C(=O)Nc1ccc(F)cc1N. The highest BCUT2D eigenvalue weighted by Gasteiger charge is 2.14. The third kappa shape index (κ3) is 5.23. The minimum absolute atomic E-state index is 0.180. The molecule has 0 spiro atoms. The Bertz CT molecular complexity index is 426. The minimum atomic E-state index is -0.610. The molecule has 6 heteroatoms. The number of hydrogen-bond donors (Lipinski definition) is 2. The predicted octanol–water partition coefficient (Wildman–Crippen LogP) is 1.79. The first-order valence-electron chi connectivity index (χ1n) is 6.01. The van der Waals surface area contributed by atoms with E-state index in [9.17, 15) is 9.18 Å². The van der Waals surface area contributed by atoms with Gasteiger partial charge >= 0.3 is 0 Å². The summed E-state index contributed by atoms with van der Waals surface area (Å²) in [5.41, 5.74) is 6.15. The van der Waals surface area contributed by atoms with Crippen LogP contribution in [0, 0.1) is 5.82 Å². The number of ether oxygens (including phenoxy) is 2. The smallest absolute Gasteiger partial charge is 0.253 e. The molecule has 0 aliphatic carbocycles. The number of anilines is 2. The molecule has 0 aliphatic heterocycles. The van der Waals surface area contributed by atoms with Crippen LogP contribution in [0.25, 0.3) is 0 Å². The lowest BCUT2D eigenvalue weighted by Gasteiger charge is -2.14. The zero-order valence-corrected chi connectivity index (χ0v) is 11.1. The van der Waals surface area contributed by atoms with Crippen molar-refractivity contribution in [3.8, 4) is 0 Å². The van der Waals surface area contributed by atoms with Crippen LogP contribution in [0.4, 0.5) is 15.8 Å². The van der Waals surface area contributed by atoms with Gasteiger partial charge in [-0.1, -0.05) is 0 Å². The predicted molar refractivity (Wildman–Crippen MR) is 71.3 cm³/mol. The zero-order chi connectivity index (χ0) is 14.3. The fourth-order valence-corrected chi connectivity index (χ4v) is 1.42. The van der Waals surface area contributed by atoms with Crippen molar-refractivity contribution in [1.29, 1.82) is 0 Å². The van der Waals surface area contributed by atoms with Crippen LogP contribution in [0.5, 0.6) is 0 Å². The van der Waals surface area contributed by atoms with E-state index in [0.717, 1.165) is 6.07 Å². The van der Waals surface area contributed by atoms with E-state index < -0.39 is 11.9 Å². The largest absolute Gasteiger partial charge is 0.397 e. The summed E-state index contributed by atoms with van der Waals surface area (Å²) >= 11 is 0. The third-order valence-corrected chi connectivity index (χ3v) is 2.50. The minimum Gasteiger partial charge on any atom is -0.397 e. The molecule has 0 fully saturated rings. The fraction of sp³-hybridized carbons (Fsp3) is 0.462. The third-order valence-electron chi connectivity index (χ3n) is 2.50. The number of carbonyl (C=O) groups is 1. The molecule has 0 saturated carbocycles. The number of nitrogens with two attached hydrogens (primary N) is 1. The Morgan fingerprint density at radius 2 is 2.21 bits per heavy atom. The first kappa shape index (κ1) is 15.4. The molecule has 1 aromatic carbocycles. The van der Waals surface area contributed by atoms with Crippen LogP contribution < -0.4 is 11.1 Å². The monoisotopic (exact) mass is 270 g/mol. The molecule has 0 aromatic heterocycles. The van der Waals surface area contributed by atoms with Gasteiger partial charge in [0.25, 0.3) is 5.91 Å². The van der Waals surface area contributed by atoms with Gasteiger partial charge in [0.1, 0.15) is 11.9 Å². The van der Waals surface area contributed by atoms with Crippen LogP contribution >= 0.6 is 0 Å². The molecular weight excluding hydrogens is 251 g/mol. The van der Waals surface area contributed by atoms with Gasteiger partial charge in [-0.15, -0.1) is 0 Å². The maximum absolute atomic E-state index is 12.9. The number of halogens is 1. The van der Waals surface area contributed by atoms with Gasteiger partial charge in [-0.25, -0.2) is 4.39 Å². The standard InChI is InChI=1S/C13H19FN2O3/c1-9(19-7-3-6-18-2)13(17)16-12-5-4-10(14)8-11(12)15/h4-5,8-9H,3,6-7,15H2,1-2H3,(H,16,17). The number of rotatable bonds is 7.